The number of rotatable bonds is 0. The van der Waals surface area contributed by atoms with Gasteiger partial charge in [-0.3, -0.25) is 19.8 Å². The molecule has 62 valence electrons. The molecule has 0 radical (unpaired) electrons. The number of aliphatic hydroxyl groups is 1. The molecule has 0 amide bonds. The normalized spacial score (nSPS) is 8.75. The van der Waals surface area contributed by atoms with Gasteiger partial charge < -0.3 is 5.11 Å². The van der Waals surface area contributed by atoms with Gasteiger partial charge in [-0.25, -0.2) is 0 Å². The molecule has 0 fully saturated rings. The molecule has 1 heterocycles. The molecule has 1 rings (SSSR count). The van der Waals surface area contributed by atoms with Crippen LogP contribution in [0.15, 0.2) is 15.7 Å². The van der Waals surface area contributed by atoms with Gasteiger partial charge in [0.2, 0.25) is 0 Å². The first-order chi connectivity index (χ1) is 5.74. The molecule has 0 saturated carbocycles. The molecular formula is C7H6N2O3. The van der Waals surface area contributed by atoms with Crippen molar-refractivity contribution >= 4 is 0 Å². The quantitative estimate of drug-likeness (QED) is 0.406. The maximum atomic E-state index is 10.9. The summed E-state index contributed by atoms with van der Waals surface area (Å²) in [5.41, 5.74) is -0.861. The highest BCUT2D eigenvalue weighted by molar-refractivity contribution is 5.30. The molecule has 5 nitrogen and oxygen atoms in total. The van der Waals surface area contributed by atoms with Crippen LogP contribution < -0.4 is 11.1 Å². The minimum atomic E-state index is -0.476. The lowest BCUT2D eigenvalue weighted by Gasteiger charge is -1.85. The van der Waals surface area contributed by atoms with Gasteiger partial charge in [-0.1, -0.05) is 11.8 Å². The molecule has 12 heavy (non-hydrogen) atoms. The van der Waals surface area contributed by atoms with Gasteiger partial charge in [-0.15, -0.1) is 0 Å². The summed E-state index contributed by atoms with van der Waals surface area (Å²) in [6.45, 7) is -0.341. The fourth-order valence-corrected chi connectivity index (χ4v) is 0.646. The zero-order chi connectivity index (χ0) is 8.97. The number of nitrogens with one attached hydrogen (secondary N) is 2. The molecule has 5 heteroatoms. The zero-order valence-corrected chi connectivity index (χ0v) is 6.05. The fourth-order valence-electron chi connectivity index (χ4n) is 0.646. The molecule has 1 aromatic rings. The van der Waals surface area contributed by atoms with E-state index in [-0.39, 0.29) is 12.2 Å². The van der Waals surface area contributed by atoms with E-state index in [2.05, 4.69) is 22.0 Å². The molecule has 0 unspecified atom stereocenters. The Morgan fingerprint density at radius 1 is 1.42 bits per heavy atom. The Labute approximate surface area is 67.1 Å². The molecule has 3 N–H and O–H groups in total. The topological polar surface area (TPSA) is 85.9 Å². The van der Waals surface area contributed by atoms with Crippen LogP contribution in [-0.2, 0) is 0 Å². The summed E-state index contributed by atoms with van der Waals surface area (Å²) < 4.78 is 0. The van der Waals surface area contributed by atoms with Gasteiger partial charge in [0.05, 0.1) is 5.56 Å². The second-order valence-electron chi connectivity index (χ2n) is 1.96. The SMILES string of the molecule is O=c1cc(C#CCO)c(=O)[nH][nH]1. The fraction of sp³-hybridized carbons (Fsp3) is 0.143. The summed E-state index contributed by atoms with van der Waals surface area (Å²) in [4.78, 5) is 21.5. The Hall–Kier alpha value is -1.80. The van der Waals surface area contributed by atoms with Crippen molar-refractivity contribution in [3.63, 3.8) is 0 Å². The van der Waals surface area contributed by atoms with E-state index in [4.69, 9.17) is 5.11 Å². The van der Waals surface area contributed by atoms with E-state index >= 15 is 0 Å². The third kappa shape index (κ3) is 1.84. The predicted molar refractivity (Wildman–Crippen MR) is 41.6 cm³/mol. The molecule has 0 aliphatic heterocycles. The molecule has 0 saturated heterocycles. The Balaban J connectivity index is 3.24. The second kappa shape index (κ2) is 3.55. The Bertz CT molecular complexity index is 432. The second-order valence-corrected chi connectivity index (χ2v) is 1.96. The van der Waals surface area contributed by atoms with Gasteiger partial charge in [0.1, 0.15) is 6.61 Å². The smallest absolute Gasteiger partial charge is 0.278 e. The number of H-pyrrole nitrogens is 2. The largest absolute Gasteiger partial charge is 0.384 e. The van der Waals surface area contributed by atoms with E-state index in [0.717, 1.165) is 6.07 Å². The average molecular weight is 166 g/mol. The lowest BCUT2D eigenvalue weighted by Crippen LogP contribution is -2.20. The van der Waals surface area contributed by atoms with Crippen LogP contribution in [0.2, 0.25) is 0 Å². The van der Waals surface area contributed by atoms with Crippen molar-refractivity contribution in [2.24, 2.45) is 0 Å². The van der Waals surface area contributed by atoms with Gasteiger partial charge in [0, 0.05) is 6.07 Å². The number of hydrogen-bond donors (Lipinski definition) is 3. The van der Waals surface area contributed by atoms with Crippen molar-refractivity contribution in [1.82, 2.24) is 10.2 Å². The highest BCUT2D eigenvalue weighted by Gasteiger charge is 1.94. The first kappa shape index (κ1) is 8.30. The van der Waals surface area contributed by atoms with Crippen molar-refractivity contribution in [3.8, 4) is 11.8 Å². The average Bonchev–Trinajstić information content (AvgIpc) is 2.07. The summed E-state index contributed by atoms with van der Waals surface area (Å²) in [6.07, 6.45) is 0. The van der Waals surface area contributed by atoms with Crippen LogP contribution in [0, 0.1) is 11.8 Å². The van der Waals surface area contributed by atoms with Crippen LogP contribution in [0.4, 0.5) is 0 Å². The molecule has 0 spiro atoms. The van der Waals surface area contributed by atoms with E-state index in [9.17, 15) is 9.59 Å². The first-order valence-corrected chi connectivity index (χ1v) is 3.16. The van der Waals surface area contributed by atoms with E-state index in [1.807, 2.05) is 0 Å². The van der Waals surface area contributed by atoms with Gasteiger partial charge in [-0.05, 0) is 0 Å². The molecule has 0 bridgehead atoms. The van der Waals surface area contributed by atoms with E-state index in [0.29, 0.717) is 0 Å². The Morgan fingerprint density at radius 3 is 2.83 bits per heavy atom. The van der Waals surface area contributed by atoms with Gasteiger partial charge in [0.25, 0.3) is 11.1 Å². The molecule has 1 aromatic heterocycles. The highest BCUT2D eigenvalue weighted by atomic mass is 16.2. The van der Waals surface area contributed by atoms with Crippen LogP contribution in [0.1, 0.15) is 5.56 Å². The van der Waals surface area contributed by atoms with Crippen LogP contribution in [0.25, 0.3) is 0 Å². The van der Waals surface area contributed by atoms with Crippen LogP contribution in [0.3, 0.4) is 0 Å². The van der Waals surface area contributed by atoms with Crippen molar-refractivity contribution in [1.29, 1.82) is 0 Å². The monoisotopic (exact) mass is 166 g/mol. The lowest BCUT2D eigenvalue weighted by molar-refractivity contribution is 0.350. The number of hydrogen-bond acceptors (Lipinski definition) is 3. The summed E-state index contributed by atoms with van der Waals surface area (Å²) in [7, 11) is 0. The van der Waals surface area contributed by atoms with E-state index < -0.39 is 11.1 Å². The highest BCUT2D eigenvalue weighted by Crippen LogP contribution is 1.76. The van der Waals surface area contributed by atoms with Gasteiger partial charge in [0.15, 0.2) is 0 Å². The number of aliphatic hydroxyl groups excluding tert-OH is 1. The summed E-state index contributed by atoms with van der Waals surface area (Å²) in [5.74, 6) is 4.61. The Morgan fingerprint density at radius 2 is 2.17 bits per heavy atom. The summed E-state index contributed by atoms with van der Waals surface area (Å²) in [6, 6.07) is 1.07. The van der Waals surface area contributed by atoms with Gasteiger partial charge >= 0.3 is 0 Å². The number of aromatic amines is 2. The maximum absolute atomic E-state index is 10.9. The first-order valence-electron chi connectivity index (χ1n) is 3.16. The van der Waals surface area contributed by atoms with Gasteiger partial charge in [-0.2, -0.15) is 0 Å². The van der Waals surface area contributed by atoms with Crippen molar-refractivity contribution in [3.05, 3.63) is 32.3 Å². The third-order valence-electron chi connectivity index (χ3n) is 1.12. The van der Waals surface area contributed by atoms with E-state index in [1.165, 1.54) is 0 Å². The molecule has 0 aliphatic carbocycles. The third-order valence-corrected chi connectivity index (χ3v) is 1.12. The van der Waals surface area contributed by atoms with Crippen molar-refractivity contribution in [2.75, 3.05) is 6.61 Å². The van der Waals surface area contributed by atoms with Crippen molar-refractivity contribution in [2.45, 2.75) is 0 Å². The maximum Gasteiger partial charge on any atom is 0.278 e. The Kier molecular flexibility index (Phi) is 2.46. The van der Waals surface area contributed by atoms with E-state index in [1.54, 1.807) is 0 Å². The van der Waals surface area contributed by atoms with Crippen LogP contribution in [0.5, 0.6) is 0 Å². The number of aromatic nitrogens is 2. The lowest BCUT2D eigenvalue weighted by atomic mass is 10.3. The minimum Gasteiger partial charge on any atom is -0.384 e. The van der Waals surface area contributed by atoms with Crippen LogP contribution in [-0.4, -0.2) is 21.9 Å². The standard InChI is InChI=1S/C7H6N2O3/c10-3-1-2-5-4-6(11)8-9-7(5)12/h4,10H,3H2,(H,8,11)(H,9,12). The molecule has 0 atom stereocenters. The molecule has 0 aromatic carbocycles. The molecular weight excluding hydrogens is 160 g/mol. The predicted octanol–water partition coefficient (Wildman–Crippen LogP) is -1.59. The molecule has 0 aliphatic rings. The van der Waals surface area contributed by atoms with Crippen molar-refractivity contribution < 1.29 is 5.11 Å². The minimum absolute atomic E-state index is 0.0489. The summed E-state index contributed by atoms with van der Waals surface area (Å²) in [5, 5.41) is 12.5. The van der Waals surface area contributed by atoms with Crippen LogP contribution >= 0.6 is 0 Å². The summed E-state index contributed by atoms with van der Waals surface area (Å²) >= 11 is 0. The zero-order valence-electron chi connectivity index (χ0n) is 6.05.